The molecule has 1 unspecified atom stereocenters. The molecule has 2 aliphatic heterocycles. The fraction of sp³-hybridized carbons (Fsp3) is 0.391. The number of β-amino-alcohol motifs (C(OH)–C–C–N with tert-alkyl or cyclic N) is 1. The average Bonchev–Trinajstić information content (AvgIpc) is 3.22. The van der Waals surface area contributed by atoms with Crippen molar-refractivity contribution in [2.45, 2.75) is 32.9 Å². The normalized spacial score (nSPS) is 18.2. The maximum atomic E-state index is 13.0. The molecule has 1 atom stereocenters. The molecule has 0 radical (unpaired) electrons. The quantitative estimate of drug-likeness (QED) is 0.665. The van der Waals surface area contributed by atoms with Gasteiger partial charge in [-0.1, -0.05) is 19.9 Å². The van der Waals surface area contributed by atoms with Crippen molar-refractivity contribution in [3.05, 3.63) is 58.8 Å². The molecule has 0 saturated carbocycles. The van der Waals surface area contributed by atoms with Gasteiger partial charge in [0.05, 0.1) is 17.9 Å². The molecule has 166 valence electrons. The van der Waals surface area contributed by atoms with Gasteiger partial charge >= 0.3 is 0 Å². The Balaban J connectivity index is 1.54. The second kappa shape index (κ2) is 7.30. The van der Waals surface area contributed by atoms with Gasteiger partial charge in [-0.05, 0) is 30.7 Å². The Labute approximate surface area is 185 Å². The monoisotopic (exact) mass is 435 g/mol. The van der Waals surface area contributed by atoms with E-state index in [0.717, 1.165) is 0 Å². The van der Waals surface area contributed by atoms with Crippen LogP contribution in [0.2, 0.25) is 0 Å². The van der Waals surface area contributed by atoms with E-state index in [1.807, 2.05) is 11.0 Å². The summed E-state index contributed by atoms with van der Waals surface area (Å²) in [7, 11) is 0. The number of aromatic nitrogens is 4. The minimum absolute atomic E-state index is 0.149. The van der Waals surface area contributed by atoms with Gasteiger partial charge in [0.1, 0.15) is 11.9 Å². The van der Waals surface area contributed by atoms with E-state index in [0.29, 0.717) is 47.5 Å². The number of hydrogen-bond donors (Lipinski definition) is 1. The molecule has 5 rings (SSSR count). The molecule has 0 amide bonds. The topological polar surface area (TPSA) is 103 Å². The molecule has 32 heavy (non-hydrogen) atoms. The maximum Gasteiger partial charge on any atom is 0.255 e. The van der Waals surface area contributed by atoms with Crippen molar-refractivity contribution in [2.24, 2.45) is 5.41 Å². The zero-order chi connectivity index (χ0) is 22.5. The van der Waals surface area contributed by atoms with Crippen molar-refractivity contribution < 1.29 is 14.6 Å². The smallest absolute Gasteiger partial charge is 0.255 e. The third kappa shape index (κ3) is 3.69. The lowest BCUT2D eigenvalue weighted by Gasteiger charge is -2.43. The van der Waals surface area contributed by atoms with E-state index < -0.39 is 5.60 Å². The highest BCUT2D eigenvalue weighted by atomic mass is 16.7. The number of aliphatic hydroxyl groups is 1. The van der Waals surface area contributed by atoms with Crippen molar-refractivity contribution in [3.63, 3.8) is 0 Å². The van der Waals surface area contributed by atoms with Gasteiger partial charge in [0.2, 0.25) is 12.7 Å². The largest absolute Gasteiger partial charge is 0.454 e. The average molecular weight is 435 g/mol. The summed E-state index contributed by atoms with van der Waals surface area (Å²) in [5, 5.41) is 11.4. The third-order valence-corrected chi connectivity index (χ3v) is 5.81. The Morgan fingerprint density at radius 3 is 2.72 bits per heavy atom. The zero-order valence-corrected chi connectivity index (χ0v) is 18.3. The molecule has 9 nitrogen and oxygen atoms in total. The molecule has 0 bridgehead atoms. The standard InChI is InChI=1S/C23H25N5O4/c1-22(2)10-27(12-23(3,30)15-4-5-18-19(8-15)32-14-31-18)21-26-17(9-20(29)28(21)11-22)16-6-7-24-13-25-16/h4-9,13,30H,10-12,14H2,1-3H3. The SMILES string of the molecule is CC1(C)CN(CC(C)(O)c2ccc3c(c2)OCO3)c2nc(-c3ccncn3)cc(=O)n2C1. The number of anilines is 1. The van der Waals surface area contributed by atoms with Crippen molar-refractivity contribution in [1.29, 1.82) is 0 Å². The van der Waals surface area contributed by atoms with E-state index in [1.54, 1.807) is 35.9 Å². The first-order valence-electron chi connectivity index (χ1n) is 10.5. The molecule has 4 heterocycles. The van der Waals surface area contributed by atoms with Crippen LogP contribution >= 0.6 is 0 Å². The first-order valence-corrected chi connectivity index (χ1v) is 10.5. The fourth-order valence-electron chi connectivity index (χ4n) is 4.34. The number of rotatable bonds is 4. The summed E-state index contributed by atoms with van der Waals surface area (Å²) in [6, 6.07) is 8.66. The van der Waals surface area contributed by atoms with Crippen molar-refractivity contribution in [3.8, 4) is 22.9 Å². The van der Waals surface area contributed by atoms with Gasteiger partial charge in [-0.25, -0.2) is 15.0 Å². The summed E-state index contributed by atoms with van der Waals surface area (Å²) < 4.78 is 12.5. The molecule has 1 aromatic carbocycles. The zero-order valence-electron chi connectivity index (χ0n) is 18.3. The molecule has 9 heteroatoms. The fourth-order valence-corrected chi connectivity index (χ4v) is 4.34. The van der Waals surface area contributed by atoms with Gasteiger partial charge in [-0.15, -0.1) is 0 Å². The predicted octanol–water partition coefficient (Wildman–Crippen LogP) is 2.18. The summed E-state index contributed by atoms with van der Waals surface area (Å²) in [6.45, 7) is 7.55. The van der Waals surface area contributed by atoms with Crippen molar-refractivity contribution in [2.75, 3.05) is 24.8 Å². The Hall–Kier alpha value is -3.46. The van der Waals surface area contributed by atoms with Crippen LogP contribution in [0.1, 0.15) is 26.3 Å². The van der Waals surface area contributed by atoms with E-state index in [2.05, 4.69) is 23.8 Å². The lowest BCUT2D eigenvalue weighted by molar-refractivity contribution is 0.0597. The molecule has 2 aromatic heterocycles. The van der Waals surface area contributed by atoms with Crippen molar-refractivity contribution >= 4 is 5.95 Å². The molecule has 0 spiro atoms. The van der Waals surface area contributed by atoms with Gasteiger partial charge in [0, 0.05) is 30.8 Å². The number of hydrogen-bond acceptors (Lipinski definition) is 8. The molecule has 0 fully saturated rings. The first kappa shape index (κ1) is 20.4. The summed E-state index contributed by atoms with van der Waals surface area (Å²) in [5.41, 5.74) is 0.209. The minimum Gasteiger partial charge on any atom is -0.454 e. The molecular weight excluding hydrogens is 410 g/mol. The van der Waals surface area contributed by atoms with Crippen LogP contribution in [0, 0.1) is 5.41 Å². The highest BCUT2D eigenvalue weighted by Gasteiger charge is 2.37. The highest BCUT2D eigenvalue weighted by Crippen LogP contribution is 2.37. The second-order valence-electron chi connectivity index (χ2n) is 9.32. The lowest BCUT2D eigenvalue weighted by Crippen LogP contribution is -2.51. The van der Waals surface area contributed by atoms with Gasteiger partial charge in [0.15, 0.2) is 11.5 Å². The summed E-state index contributed by atoms with van der Waals surface area (Å²) >= 11 is 0. The highest BCUT2D eigenvalue weighted by molar-refractivity contribution is 5.56. The van der Waals surface area contributed by atoms with Gasteiger partial charge in [-0.2, -0.15) is 0 Å². The molecule has 1 N–H and O–H groups in total. The van der Waals surface area contributed by atoms with E-state index in [9.17, 15) is 9.90 Å². The molecule has 2 aliphatic rings. The lowest BCUT2D eigenvalue weighted by atomic mass is 9.89. The minimum atomic E-state index is -1.22. The van der Waals surface area contributed by atoms with Crippen LogP contribution in [0.15, 0.2) is 47.7 Å². The predicted molar refractivity (Wildman–Crippen MR) is 118 cm³/mol. The molecule has 0 saturated heterocycles. The second-order valence-corrected chi connectivity index (χ2v) is 9.32. The molecular formula is C23H25N5O4. The van der Waals surface area contributed by atoms with Crippen LogP contribution in [0.4, 0.5) is 5.95 Å². The number of benzene rings is 1. The van der Waals surface area contributed by atoms with Gasteiger partial charge < -0.3 is 19.5 Å². The number of ether oxygens (including phenoxy) is 2. The Morgan fingerprint density at radius 2 is 1.94 bits per heavy atom. The number of nitrogens with zero attached hydrogens (tertiary/aromatic N) is 5. The Kier molecular flexibility index (Phi) is 4.67. The summed E-state index contributed by atoms with van der Waals surface area (Å²) in [6.07, 6.45) is 3.05. The molecule has 0 aliphatic carbocycles. The first-order chi connectivity index (χ1) is 15.2. The van der Waals surface area contributed by atoms with E-state index in [1.165, 1.54) is 12.4 Å². The van der Waals surface area contributed by atoms with E-state index >= 15 is 0 Å². The molecule has 3 aromatic rings. The van der Waals surface area contributed by atoms with Gasteiger partial charge in [0.25, 0.3) is 5.56 Å². The van der Waals surface area contributed by atoms with Crippen LogP contribution in [0.5, 0.6) is 11.5 Å². The number of fused-ring (bicyclic) bond motifs is 2. The van der Waals surface area contributed by atoms with E-state index in [-0.39, 0.29) is 24.3 Å². The summed E-state index contributed by atoms with van der Waals surface area (Å²) in [5.74, 6) is 1.80. The van der Waals surface area contributed by atoms with Crippen LogP contribution in [-0.4, -0.2) is 44.5 Å². The van der Waals surface area contributed by atoms with Crippen LogP contribution < -0.4 is 19.9 Å². The summed E-state index contributed by atoms with van der Waals surface area (Å²) in [4.78, 5) is 27.9. The van der Waals surface area contributed by atoms with E-state index in [4.69, 9.17) is 14.5 Å². The van der Waals surface area contributed by atoms with Gasteiger partial charge in [-0.3, -0.25) is 9.36 Å². The van der Waals surface area contributed by atoms with Crippen LogP contribution in [0.25, 0.3) is 11.4 Å². The Bertz CT molecular complexity index is 1220. The maximum absolute atomic E-state index is 13.0. The third-order valence-electron chi connectivity index (χ3n) is 5.81. The van der Waals surface area contributed by atoms with Crippen molar-refractivity contribution in [1.82, 2.24) is 19.5 Å². The van der Waals surface area contributed by atoms with Crippen LogP contribution in [0.3, 0.4) is 0 Å². The van der Waals surface area contributed by atoms with Crippen LogP contribution in [-0.2, 0) is 12.1 Å². The Morgan fingerprint density at radius 1 is 1.12 bits per heavy atom.